The zero-order valence-electron chi connectivity index (χ0n) is 11.3. The van der Waals surface area contributed by atoms with Crippen LogP contribution in [0, 0.1) is 6.92 Å². The minimum Gasteiger partial charge on any atom is -0.326 e. The van der Waals surface area contributed by atoms with Gasteiger partial charge in [-0.25, -0.2) is 4.98 Å². The molecular formula is C14H21BrN2. The maximum Gasteiger partial charge on any atom is 0.106 e. The second kappa shape index (κ2) is 5.67. The normalized spacial score (nSPS) is 15.7. The van der Waals surface area contributed by atoms with E-state index >= 15 is 0 Å². The number of aryl methyl sites for hydroxylation is 1. The third-order valence-electron chi connectivity index (χ3n) is 2.72. The van der Waals surface area contributed by atoms with E-state index in [4.69, 9.17) is 0 Å². The van der Waals surface area contributed by atoms with Crippen molar-refractivity contribution in [2.45, 2.75) is 45.5 Å². The molecule has 1 heterocycles. The molecule has 1 atom stereocenters. The molecular weight excluding hydrogens is 276 g/mol. The second-order valence-electron chi connectivity index (χ2n) is 4.60. The zero-order valence-corrected chi connectivity index (χ0v) is 12.9. The van der Waals surface area contributed by atoms with Gasteiger partial charge in [-0.1, -0.05) is 34.2 Å². The van der Waals surface area contributed by atoms with Gasteiger partial charge in [-0.15, -0.1) is 0 Å². The molecule has 0 N–H and O–H groups in total. The van der Waals surface area contributed by atoms with E-state index in [-0.39, 0.29) is 4.83 Å². The third kappa shape index (κ3) is 3.09. The average Bonchev–Trinajstić information content (AvgIpc) is 2.54. The lowest BCUT2D eigenvalue weighted by Gasteiger charge is -2.11. The van der Waals surface area contributed by atoms with Crippen LogP contribution < -0.4 is 10.7 Å². The summed E-state index contributed by atoms with van der Waals surface area (Å²) >= 11 is 3.62. The summed E-state index contributed by atoms with van der Waals surface area (Å²) in [4.78, 5) is 4.78. The van der Waals surface area contributed by atoms with Crippen LogP contribution in [0.3, 0.4) is 0 Å². The maximum atomic E-state index is 4.59. The van der Waals surface area contributed by atoms with Crippen LogP contribution in [-0.2, 0) is 0 Å². The molecule has 0 spiro atoms. The monoisotopic (exact) mass is 296 g/mol. The van der Waals surface area contributed by atoms with E-state index in [0.717, 1.165) is 16.7 Å². The van der Waals surface area contributed by atoms with E-state index in [1.807, 2.05) is 20.8 Å². The standard InChI is InChI=1S/C14H21BrN2/c1-7-13-14(8-12(15)9(2)3)17(10(4)5)11(6)16-13/h7-8,10,12H,2H2,1,3-6H3/b13-7+,14-8+. The molecule has 3 heteroatoms. The van der Waals surface area contributed by atoms with Gasteiger partial charge in [0.2, 0.25) is 0 Å². The molecule has 17 heavy (non-hydrogen) atoms. The van der Waals surface area contributed by atoms with Crippen molar-refractivity contribution in [2.24, 2.45) is 0 Å². The molecule has 1 unspecified atom stereocenters. The third-order valence-corrected chi connectivity index (χ3v) is 3.76. The average molecular weight is 297 g/mol. The number of rotatable bonds is 3. The van der Waals surface area contributed by atoms with Crippen molar-refractivity contribution in [2.75, 3.05) is 0 Å². The Kier molecular flexibility index (Phi) is 4.75. The number of allylic oxidation sites excluding steroid dienone is 1. The van der Waals surface area contributed by atoms with Gasteiger partial charge in [0, 0.05) is 6.04 Å². The fourth-order valence-corrected chi connectivity index (χ4v) is 2.14. The van der Waals surface area contributed by atoms with Crippen molar-refractivity contribution in [3.8, 4) is 0 Å². The first-order valence-corrected chi connectivity index (χ1v) is 6.82. The second-order valence-corrected chi connectivity index (χ2v) is 5.58. The molecule has 0 bridgehead atoms. The summed E-state index contributed by atoms with van der Waals surface area (Å²) in [6, 6.07) is 0.410. The van der Waals surface area contributed by atoms with Gasteiger partial charge in [0.05, 0.1) is 15.5 Å². The van der Waals surface area contributed by atoms with Crippen molar-refractivity contribution >= 4 is 28.1 Å². The van der Waals surface area contributed by atoms with Crippen LogP contribution in [0.5, 0.6) is 0 Å². The van der Waals surface area contributed by atoms with Gasteiger partial charge in [-0.05, 0) is 40.7 Å². The Morgan fingerprint density at radius 2 is 2.06 bits per heavy atom. The summed E-state index contributed by atoms with van der Waals surface area (Å²) in [5.74, 6) is 1.06. The Morgan fingerprint density at radius 3 is 2.47 bits per heavy atom. The number of alkyl halides is 1. The summed E-state index contributed by atoms with van der Waals surface area (Å²) in [6.45, 7) is 14.4. The van der Waals surface area contributed by atoms with E-state index < -0.39 is 0 Å². The molecule has 0 amide bonds. The highest BCUT2D eigenvalue weighted by Gasteiger charge is 2.08. The van der Waals surface area contributed by atoms with Crippen molar-refractivity contribution in [1.82, 2.24) is 9.55 Å². The highest BCUT2D eigenvalue weighted by Crippen LogP contribution is 2.11. The number of hydrogen-bond acceptors (Lipinski definition) is 1. The fraction of sp³-hybridized carbons (Fsp3) is 0.500. The Hall–Kier alpha value is -0.830. The first-order chi connectivity index (χ1) is 7.88. The van der Waals surface area contributed by atoms with Gasteiger partial charge >= 0.3 is 0 Å². The van der Waals surface area contributed by atoms with Crippen LogP contribution in [0.25, 0.3) is 12.2 Å². The Labute approximate surface area is 112 Å². The Balaban J connectivity index is 3.55. The molecule has 1 aromatic heterocycles. The topological polar surface area (TPSA) is 17.8 Å². The number of aromatic nitrogens is 2. The smallest absolute Gasteiger partial charge is 0.106 e. The molecule has 1 rings (SSSR count). The molecule has 1 aromatic rings. The van der Waals surface area contributed by atoms with E-state index in [2.05, 4.69) is 58.1 Å². The summed E-state index contributed by atoms with van der Waals surface area (Å²) < 4.78 is 2.26. The van der Waals surface area contributed by atoms with E-state index in [9.17, 15) is 0 Å². The first kappa shape index (κ1) is 14.2. The van der Waals surface area contributed by atoms with Crippen molar-refractivity contribution in [1.29, 1.82) is 0 Å². The molecule has 2 nitrogen and oxygen atoms in total. The number of halogens is 1. The molecule has 0 radical (unpaired) electrons. The van der Waals surface area contributed by atoms with Gasteiger partial charge in [0.25, 0.3) is 0 Å². The number of imidazole rings is 1. The zero-order chi connectivity index (χ0) is 13.2. The molecule has 94 valence electrons. The molecule has 0 aliphatic rings. The van der Waals surface area contributed by atoms with Gasteiger partial charge in [-0.3, -0.25) is 0 Å². The maximum absolute atomic E-state index is 4.59. The van der Waals surface area contributed by atoms with Gasteiger partial charge in [-0.2, -0.15) is 0 Å². The molecule has 0 saturated carbocycles. The van der Waals surface area contributed by atoms with Gasteiger partial charge in [0.1, 0.15) is 5.82 Å². The van der Waals surface area contributed by atoms with Crippen LogP contribution in [-0.4, -0.2) is 14.4 Å². The van der Waals surface area contributed by atoms with Crippen LogP contribution in [0.4, 0.5) is 0 Å². The number of hydrogen-bond donors (Lipinski definition) is 0. The number of nitrogens with zero attached hydrogens (tertiary/aromatic N) is 2. The summed E-state index contributed by atoms with van der Waals surface area (Å²) in [5.41, 5.74) is 1.10. The predicted molar refractivity (Wildman–Crippen MR) is 78.7 cm³/mol. The SMILES string of the molecule is C=C(C)C(Br)/C=c1\c(=C/C)nc(C)n1C(C)C. The minimum atomic E-state index is 0.190. The van der Waals surface area contributed by atoms with Crippen molar-refractivity contribution in [3.63, 3.8) is 0 Å². The molecule has 0 aliphatic carbocycles. The summed E-state index contributed by atoms with van der Waals surface area (Å²) in [6.07, 6.45) is 4.23. The van der Waals surface area contributed by atoms with E-state index in [1.54, 1.807) is 0 Å². The van der Waals surface area contributed by atoms with Crippen LogP contribution in [0.15, 0.2) is 12.2 Å². The van der Waals surface area contributed by atoms with Crippen LogP contribution in [0.2, 0.25) is 0 Å². The predicted octanol–water partition coefficient (Wildman–Crippen LogP) is 2.69. The molecule has 0 saturated heterocycles. The van der Waals surface area contributed by atoms with Gasteiger partial charge < -0.3 is 4.57 Å². The Morgan fingerprint density at radius 1 is 1.47 bits per heavy atom. The minimum absolute atomic E-state index is 0.190. The quantitative estimate of drug-likeness (QED) is 0.619. The lowest BCUT2D eigenvalue weighted by atomic mass is 10.2. The molecule has 0 aliphatic heterocycles. The summed E-state index contributed by atoms with van der Waals surface area (Å²) in [5, 5.41) is 2.21. The lowest BCUT2D eigenvalue weighted by Crippen LogP contribution is -2.32. The molecule has 0 aromatic carbocycles. The Bertz CT molecular complexity index is 523. The lowest BCUT2D eigenvalue weighted by molar-refractivity contribution is 0.568. The fourth-order valence-electron chi connectivity index (χ4n) is 1.89. The molecule has 0 fully saturated rings. The van der Waals surface area contributed by atoms with Crippen LogP contribution >= 0.6 is 15.9 Å². The van der Waals surface area contributed by atoms with Crippen LogP contribution in [0.1, 0.15) is 39.6 Å². The first-order valence-electron chi connectivity index (χ1n) is 5.91. The van der Waals surface area contributed by atoms with E-state index in [1.165, 1.54) is 5.35 Å². The highest BCUT2D eigenvalue weighted by molar-refractivity contribution is 9.09. The largest absolute Gasteiger partial charge is 0.326 e. The van der Waals surface area contributed by atoms with Crippen molar-refractivity contribution < 1.29 is 0 Å². The highest BCUT2D eigenvalue weighted by atomic mass is 79.9. The van der Waals surface area contributed by atoms with Crippen molar-refractivity contribution in [3.05, 3.63) is 28.7 Å². The van der Waals surface area contributed by atoms with Gasteiger partial charge in [0.15, 0.2) is 0 Å². The van der Waals surface area contributed by atoms with E-state index in [0.29, 0.717) is 6.04 Å². The summed E-state index contributed by atoms with van der Waals surface area (Å²) in [7, 11) is 0.